The Kier molecular flexibility index (Phi) is 5.76. The molecule has 0 aliphatic rings. The molecule has 0 amide bonds. The van der Waals surface area contributed by atoms with Crippen molar-refractivity contribution in [3.05, 3.63) is 23.8 Å². The van der Waals surface area contributed by atoms with Gasteiger partial charge in [0.05, 0.1) is 33.5 Å². The monoisotopic (exact) mass is 241 g/mol. The average molecular weight is 241 g/mol. The van der Waals surface area contributed by atoms with E-state index in [0.29, 0.717) is 18.0 Å². The minimum Gasteiger partial charge on any atom is -0.497 e. The minimum absolute atomic E-state index is 0.0996. The fourth-order valence-electron chi connectivity index (χ4n) is 1.42. The Morgan fingerprint density at radius 3 is 2.00 bits per heavy atom. The third-order valence-electron chi connectivity index (χ3n) is 2.45. The summed E-state index contributed by atoms with van der Waals surface area (Å²) in [6.45, 7) is 0.328. The van der Waals surface area contributed by atoms with Gasteiger partial charge in [-0.15, -0.1) is 0 Å². The maximum Gasteiger partial charge on any atom is 0.122 e. The molecule has 17 heavy (non-hydrogen) atoms. The zero-order chi connectivity index (χ0) is 12.7. The first kappa shape index (κ1) is 13.8. The van der Waals surface area contributed by atoms with Gasteiger partial charge in [0, 0.05) is 12.6 Å². The molecule has 0 aliphatic carbocycles. The van der Waals surface area contributed by atoms with Gasteiger partial charge in [0.1, 0.15) is 11.5 Å². The molecular weight excluding hydrogens is 222 g/mol. The van der Waals surface area contributed by atoms with Crippen molar-refractivity contribution in [3.63, 3.8) is 0 Å². The summed E-state index contributed by atoms with van der Waals surface area (Å²) >= 11 is 0. The van der Waals surface area contributed by atoms with Crippen molar-refractivity contribution < 1.29 is 19.7 Å². The average Bonchev–Trinajstić information content (AvgIpc) is 2.39. The van der Waals surface area contributed by atoms with Crippen LogP contribution in [0.15, 0.2) is 18.2 Å². The second kappa shape index (κ2) is 7.11. The lowest BCUT2D eigenvalue weighted by Gasteiger charge is -2.14. The van der Waals surface area contributed by atoms with Crippen LogP contribution in [0, 0.1) is 0 Å². The molecule has 0 unspecified atom stereocenters. The first-order valence-corrected chi connectivity index (χ1v) is 5.40. The Hall–Kier alpha value is -1.30. The van der Waals surface area contributed by atoms with Crippen molar-refractivity contribution in [2.75, 3.05) is 27.4 Å². The smallest absolute Gasteiger partial charge is 0.122 e. The molecule has 0 fully saturated rings. The van der Waals surface area contributed by atoms with Gasteiger partial charge in [0.15, 0.2) is 0 Å². The molecule has 0 atom stereocenters. The molecule has 0 saturated carbocycles. The van der Waals surface area contributed by atoms with Crippen LogP contribution in [0.1, 0.15) is 5.56 Å². The lowest BCUT2D eigenvalue weighted by molar-refractivity contribution is 0.170. The Morgan fingerprint density at radius 2 is 1.59 bits per heavy atom. The Balaban J connectivity index is 2.69. The topological polar surface area (TPSA) is 71.0 Å². The van der Waals surface area contributed by atoms with Gasteiger partial charge < -0.3 is 25.0 Å². The molecule has 0 spiro atoms. The van der Waals surface area contributed by atoms with E-state index in [4.69, 9.17) is 19.7 Å². The van der Waals surface area contributed by atoms with E-state index in [0.717, 1.165) is 5.56 Å². The predicted molar refractivity (Wildman–Crippen MR) is 64.3 cm³/mol. The number of rotatable bonds is 7. The summed E-state index contributed by atoms with van der Waals surface area (Å²) in [6.07, 6.45) is 0. The summed E-state index contributed by atoms with van der Waals surface area (Å²) in [5.74, 6) is 1.43. The van der Waals surface area contributed by atoms with Crippen LogP contribution in [0.25, 0.3) is 0 Å². The highest BCUT2D eigenvalue weighted by atomic mass is 16.5. The molecule has 96 valence electrons. The summed E-state index contributed by atoms with van der Waals surface area (Å²) in [6, 6.07) is 5.23. The minimum atomic E-state index is -0.313. The van der Waals surface area contributed by atoms with Gasteiger partial charge >= 0.3 is 0 Å². The molecule has 1 aromatic rings. The van der Waals surface area contributed by atoms with Crippen LogP contribution in [0.5, 0.6) is 11.5 Å². The number of nitrogens with one attached hydrogen (secondary N) is 1. The number of benzene rings is 1. The molecule has 1 rings (SSSR count). The maximum absolute atomic E-state index is 8.93. The van der Waals surface area contributed by atoms with Crippen LogP contribution in [-0.4, -0.2) is 43.7 Å². The number of methoxy groups -OCH3 is 2. The third-order valence-corrected chi connectivity index (χ3v) is 2.45. The zero-order valence-corrected chi connectivity index (χ0v) is 10.1. The lowest BCUT2D eigenvalue weighted by Crippen LogP contribution is -2.35. The number of ether oxygens (including phenoxy) is 2. The second-order valence-corrected chi connectivity index (χ2v) is 3.66. The van der Waals surface area contributed by atoms with E-state index in [-0.39, 0.29) is 19.3 Å². The molecule has 0 heterocycles. The van der Waals surface area contributed by atoms with Gasteiger partial charge in [-0.3, -0.25) is 0 Å². The van der Waals surface area contributed by atoms with Gasteiger partial charge in [0.25, 0.3) is 0 Å². The van der Waals surface area contributed by atoms with Crippen LogP contribution >= 0.6 is 0 Å². The van der Waals surface area contributed by atoms with Gasteiger partial charge in [0.2, 0.25) is 0 Å². The van der Waals surface area contributed by atoms with Gasteiger partial charge in [-0.25, -0.2) is 0 Å². The molecule has 0 aromatic heterocycles. The molecule has 3 N–H and O–H groups in total. The molecule has 5 nitrogen and oxygen atoms in total. The normalized spacial score (nSPS) is 10.6. The first-order chi connectivity index (χ1) is 8.23. The van der Waals surface area contributed by atoms with E-state index in [1.54, 1.807) is 20.3 Å². The van der Waals surface area contributed by atoms with E-state index < -0.39 is 0 Å². The summed E-state index contributed by atoms with van der Waals surface area (Å²) in [4.78, 5) is 0. The number of hydrogen-bond acceptors (Lipinski definition) is 5. The highest BCUT2D eigenvalue weighted by Crippen LogP contribution is 2.22. The Labute approximate surface area is 101 Å². The maximum atomic E-state index is 8.93. The van der Waals surface area contributed by atoms with E-state index in [1.165, 1.54) is 0 Å². The van der Waals surface area contributed by atoms with E-state index in [9.17, 15) is 0 Å². The Bertz CT molecular complexity index is 317. The Morgan fingerprint density at radius 1 is 1.06 bits per heavy atom. The van der Waals surface area contributed by atoms with Crippen LogP contribution < -0.4 is 14.8 Å². The SMILES string of the molecule is COc1cc(CNC(CO)CO)cc(OC)c1. The highest BCUT2D eigenvalue weighted by molar-refractivity contribution is 5.38. The molecule has 5 heteroatoms. The van der Waals surface area contributed by atoms with Gasteiger partial charge in [-0.1, -0.05) is 0 Å². The quantitative estimate of drug-likeness (QED) is 0.633. The van der Waals surface area contributed by atoms with E-state index in [2.05, 4.69) is 5.32 Å². The van der Waals surface area contributed by atoms with E-state index >= 15 is 0 Å². The van der Waals surface area contributed by atoms with Crippen LogP contribution in [0.3, 0.4) is 0 Å². The lowest BCUT2D eigenvalue weighted by atomic mass is 10.2. The second-order valence-electron chi connectivity index (χ2n) is 3.66. The van der Waals surface area contributed by atoms with Gasteiger partial charge in [-0.2, -0.15) is 0 Å². The molecule has 1 aromatic carbocycles. The molecule has 0 bridgehead atoms. The number of aliphatic hydroxyl groups is 2. The summed E-state index contributed by atoms with van der Waals surface area (Å²) < 4.78 is 10.3. The molecule has 0 radical (unpaired) electrons. The molecule has 0 aliphatic heterocycles. The van der Waals surface area contributed by atoms with Crippen molar-refractivity contribution in [1.82, 2.24) is 5.32 Å². The summed E-state index contributed by atoms with van der Waals surface area (Å²) in [5.41, 5.74) is 0.966. The fourth-order valence-corrected chi connectivity index (χ4v) is 1.42. The van der Waals surface area contributed by atoms with Crippen LogP contribution in [-0.2, 0) is 6.54 Å². The standard InChI is InChI=1S/C12H19NO4/c1-16-11-3-9(4-12(5-11)17-2)6-13-10(7-14)8-15/h3-5,10,13-15H,6-8H2,1-2H3. The van der Waals surface area contributed by atoms with Crippen LogP contribution in [0.4, 0.5) is 0 Å². The molecular formula is C12H19NO4. The fraction of sp³-hybridized carbons (Fsp3) is 0.500. The van der Waals surface area contributed by atoms with Crippen LogP contribution in [0.2, 0.25) is 0 Å². The summed E-state index contributed by atoms with van der Waals surface area (Å²) in [5, 5.41) is 20.9. The predicted octanol–water partition coefficient (Wildman–Crippen LogP) is 0.147. The van der Waals surface area contributed by atoms with E-state index in [1.807, 2.05) is 12.1 Å². The first-order valence-electron chi connectivity index (χ1n) is 5.40. The molecule has 0 saturated heterocycles. The number of aliphatic hydroxyl groups excluding tert-OH is 2. The van der Waals surface area contributed by atoms with Gasteiger partial charge in [-0.05, 0) is 17.7 Å². The van der Waals surface area contributed by atoms with Crippen molar-refractivity contribution in [1.29, 1.82) is 0 Å². The largest absolute Gasteiger partial charge is 0.497 e. The summed E-state index contributed by atoms with van der Waals surface area (Å²) in [7, 11) is 3.19. The van der Waals surface area contributed by atoms with Crippen molar-refractivity contribution in [2.24, 2.45) is 0 Å². The third kappa shape index (κ3) is 4.22. The van der Waals surface area contributed by atoms with Crippen molar-refractivity contribution >= 4 is 0 Å². The highest BCUT2D eigenvalue weighted by Gasteiger charge is 2.06. The van der Waals surface area contributed by atoms with Crippen molar-refractivity contribution in [2.45, 2.75) is 12.6 Å². The number of hydrogen-bond donors (Lipinski definition) is 3. The van der Waals surface area contributed by atoms with Crippen molar-refractivity contribution in [3.8, 4) is 11.5 Å². The zero-order valence-electron chi connectivity index (χ0n) is 10.1.